The highest BCUT2D eigenvalue weighted by molar-refractivity contribution is 8.15. The first-order valence-electron chi connectivity index (χ1n) is 2.22. The van der Waals surface area contributed by atoms with Crippen molar-refractivity contribution in [1.29, 1.82) is 0 Å². The van der Waals surface area contributed by atoms with Crippen LogP contribution in [0.1, 0.15) is 6.92 Å². The van der Waals surface area contributed by atoms with Gasteiger partial charge >= 0.3 is 0 Å². The Labute approximate surface area is 46.8 Å². The first kappa shape index (κ1) is 6.82. The Balaban J connectivity index is 2.98. The molecule has 44 valence electrons. The zero-order chi connectivity index (χ0) is 5.70. The quantitative estimate of drug-likeness (QED) is 0.408. The van der Waals surface area contributed by atoms with Crippen molar-refractivity contribution in [3.05, 3.63) is 0 Å². The van der Waals surface area contributed by atoms with Crippen molar-refractivity contribution in [3.8, 4) is 0 Å². The van der Waals surface area contributed by atoms with E-state index in [1.165, 1.54) is 0 Å². The lowest BCUT2D eigenvalue weighted by Gasteiger charge is -2.09. The summed E-state index contributed by atoms with van der Waals surface area (Å²) in [5, 5.41) is 0. The Morgan fingerprint density at radius 3 is 2.57 bits per heavy atom. The SMILES string of the molecule is CC[SH](C)NC=O. The second kappa shape index (κ2) is 3.99. The van der Waals surface area contributed by atoms with E-state index < -0.39 is 0 Å². The van der Waals surface area contributed by atoms with E-state index in [9.17, 15) is 4.79 Å². The minimum Gasteiger partial charge on any atom is -0.324 e. The average molecular weight is 121 g/mol. The smallest absolute Gasteiger partial charge is 0.215 e. The van der Waals surface area contributed by atoms with E-state index in [0.29, 0.717) is 0 Å². The third-order valence-corrected chi connectivity index (χ3v) is 2.24. The van der Waals surface area contributed by atoms with E-state index >= 15 is 0 Å². The molecular weight excluding hydrogens is 110 g/mol. The molecule has 0 aliphatic carbocycles. The highest BCUT2D eigenvalue weighted by atomic mass is 32.2. The van der Waals surface area contributed by atoms with Gasteiger partial charge in [-0.05, 0) is 12.0 Å². The van der Waals surface area contributed by atoms with E-state index in [2.05, 4.69) is 11.6 Å². The van der Waals surface area contributed by atoms with Crippen LogP contribution in [0.2, 0.25) is 0 Å². The maximum atomic E-state index is 9.68. The molecule has 1 N–H and O–H groups in total. The second-order valence-electron chi connectivity index (χ2n) is 1.26. The van der Waals surface area contributed by atoms with Crippen LogP contribution in [-0.2, 0) is 4.79 Å². The average Bonchev–Trinajstić information content (AvgIpc) is 1.68. The summed E-state index contributed by atoms with van der Waals surface area (Å²) in [5.74, 6) is 1.06. The number of carbonyl (C=O) groups excluding carboxylic acids is 1. The van der Waals surface area contributed by atoms with Crippen molar-refractivity contribution in [2.75, 3.05) is 12.0 Å². The third kappa shape index (κ3) is 3.66. The van der Waals surface area contributed by atoms with Crippen molar-refractivity contribution >= 4 is 17.5 Å². The fraction of sp³-hybridized carbons (Fsp3) is 0.750. The highest BCUT2D eigenvalue weighted by Gasteiger charge is 1.83. The number of carbonyl (C=O) groups is 1. The van der Waals surface area contributed by atoms with Crippen LogP contribution in [0, 0.1) is 0 Å². The van der Waals surface area contributed by atoms with Crippen LogP contribution < -0.4 is 4.72 Å². The molecule has 0 aromatic heterocycles. The molecule has 0 fully saturated rings. The molecule has 0 heterocycles. The van der Waals surface area contributed by atoms with Gasteiger partial charge in [0.2, 0.25) is 6.41 Å². The van der Waals surface area contributed by atoms with Gasteiger partial charge in [0.15, 0.2) is 0 Å². The van der Waals surface area contributed by atoms with E-state index in [-0.39, 0.29) is 11.1 Å². The minimum absolute atomic E-state index is 0.197. The van der Waals surface area contributed by atoms with Crippen molar-refractivity contribution in [1.82, 2.24) is 4.72 Å². The van der Waals surface area contributed by atoms with Gasteiger partial charge in [-0.2, -0.15) is 11.1 Å². The van der Waals surface area contributed by atoms with Crippen LogP contribution >= 0.6 is 11.1 Å². The van der Waals surface area contributed by atoms with Gasteiger partial charge in [0.25, 0.3) is 0 Å². The van der Waals surface area contributed by atoms with Crippen molar-refractivity contribution in [3.63, 3.8) is 0 Å². The minimum atomic E-state index is -0.197. The molecule has 2 nitrogen and oxygen atoms in total. The predicted octanol–water partition coefficient (Wildman–Crippen LogP) is 0.298. The molecule has 0 radical (unpaired) electrons. The summed E-state index contributed by atoms with van der Waals surface area (Å²) in [7, 11) is 0. The Bertz CT molecular complexity index is 57.7. The molecule has 7 heavy (non-hydrogen) atoms. The standard InChI is InChI=1S/C4H11NOS/c1-3-7(2)5-4-6/h4,7H,3H2,1-2H3,(H,5,6). The Kier molecular flexibility index (Phi) is 3.89. The van der Waals surface area contributed by atoms with Crippen LogP contribution in [0.5, 0.6) is 0 Å². The fourth-order valence-corrected chi connectivity index (χ4v) is 0.544. The summed E-state index contributed by atoms with van der Waals surface area (Å²) < 4.78 is 2.68. The summed E-state index contributed by atoms with van der Waals surface area (Å²) >= 11 is -0.197. The zero-order valence-corrected chi connectivity index (χ0v) is 5.53. The molecular formula is C4H11NOS. The number of hydrogen-bond donors (Lipinski definition) is 2. The monoisotopic (exact) mass is 121 g/mol. The number of hydrogen-bond acceptors (Lipinski definition) is 1. The van der Waals surface area contributed by atoms with Crippen LogP contribution in [0.25, 0.3) is 0 Å². The second-order valence-corrected chi connectivity index (χ2v) is 3.55. The molecule has 1 amide bonds. The van der Waals surface area contributed by atoms with Gasteiger partial charge in [-0.25, -0.2) is 0 Å². The van der Waals surface area contributed by atoms with E-state index in [4.69, 9.17) is 0 Å². The molecule has 0 aliphatic heterocycles. The van der Waals surface area contributed by atoms with Gasteiger partial charge in [0.1, 0.15) is 0 Å². The number of nitrogens with one attached hydrogen (secondary N) is 1. The molecule has 0 rings (SSSR count). The lowest BCUT2D eigenvalue weighted by Crippen LogP contribution is -2.06. The third-order valence-electron chi connectivity index (χ3n) is 0.747. The van der Waals surface area contributed by atoms with E-state index in [0.717, 1.165) is 12.2 Å². The molecule has 1 atom stereocenters. The van der Waals surface area contributed by atoms with Gasteiger partial charge in [0, 0.05) is 0 Å². The molecule has 3 heteroatoms. The number of thiol groups is 1. The largest absolute Gasteiger partial charge is 0.324 e. The normalized spacial score (nSPS) is 15.4. The van der Waals surface area contributed by atoms with E-state index in [1.807, 2.05) is 6.26 Å². The molecule has 0 saturated carbocycles. The first-order valence-corrected chi connectivity index (χ1v) is 4.19. The molecule has 0 bridgehead atoms. The Hall–Kier alpha value is -0.180. The molecule has 0 aliphatic rings. The van der Waals surface area contributed by atoms with Crippen LogP contribution in [0.3, 0.4) is 0 Å². The van der Waals surface area contributed by atoms with Gasteiger partial charge in [-0.1, -0.05) is 6.92 Å². The molecule has 0 spiro atoms. The molecule has 0 aromatic carbocycles. The maximum absolute atomic E-state index is 9.68. The summed E-state index contributed by atoms with van der Waals surface area (Å²) in [5.41, 5.74) is 0. The highest BCUT2D eigenvalue weighted by Crippen LogP contribution is 2.08. The van der Waals surface area contributed by atoms with Crippen LogP contribution in [0.4, 0.5) is 0 Å². The Morgan fingerprint density at radius 1 is 1.86 bits per heavy atom. The van der Waals surface area contributed by atoms with Crippen molar-refractivity contribution in [2.45, 2.75) is 6.92 Å². The summed E-state index contributed by atoms with van der Waals surface area (Å²) in [6.45, 7) is 2.06. The fourth-order valence-electron chi connectivity index (χ4n) is 0.181. The number of amides is 1. The van der Waals surface area contributed by atoms with Crippen LogP contribution in [-0.4, -0.2) is 18.4 Å². The van der Waals surface area contributed by atoms with Crippen molar-refractivity contribution < 1.29 is 4.79 Å². The topological polar surface area (TPSA) is 29.1 Å². The van der Waals surface area contributed by atoms with Crippen molar-refractivity contribution in [2.24, 2.45) is 0 Å². The number of rotatable bonds is 3. The summed E-state index contributed by atoms with van der Waals surface area (Å²) in [4.78, 5) is 9.68. The summed E-state index contributed by atoms with van der Waals surface area (Å²) in [6.07, 6.45) is 2.79. The first-order chi connectivity index (χ1) is 3.31. The lowest BCUT2D eigenvalue weighted by atomic mass is 11.0. The zero-order valence-electron chi connectivity index (χ0n) is 4.64. The maximum Gasteiger partial charge on any atom is 0.215 e. The van der Waals surface area contributed by atoms with E-state index in [1.54, 1.807) is 0 Å². The lowest BCUT2D eigenvalue weighted by molar-refractivity contribution is -0.107. The molecule has 0 saturated heterocycles. The summed E-state index contributed by atoms with van der Waals surface area (Å²) in [6, 6.07) is 0. The Morgan fingerprint density at radius 2 is 2.43 bits per heavy atom. The molecule has 1 unspecified atom stereocenters. The van der Waals surface area contributed by atoms with Gasteiger partial charge < -0.3 is 4.72 Å². The van der Waals surface area contributed by atoms with Gasteiger partial charge in [-0.15, -0.1) is 0 Å². The van der Waals surface area contributed by atoms with Gasteiger partial charge in [-0.3, -0.25) is 4.79 Å². The van der Waals surface area contributed by atoms with Crippen LogP contribution in [0.15, 0.2) is 0 Å². The molecule has 0 aromatic rings. The predicted molar refractivity (Wildman–Crippen MR) is 34.7 cm³/mol. The van der Waals surface area contributed by atoms with Gasteiger partial charge in [0.05, 0.1) is 0 Å².